The van der Waals surface area contributed by atoms with E-state index in [0.29, 0.717) is 12.0 Å². The first-order valence-corrected chi connectivity index (χ1v) is 7.96. The molecule has 4 nitrogen and oxygen atoms in total. The van der Waals surface area contributed by atoms with E-state index in [1.807, 2.05) is 20.8 Å². The molecule has 1 unspecified atom stereocenters. The molecule has 0 aliphatic carbocycles. The van der Waals surface area contributed by atoms with E-state index in [0.717, 1.165) is 6.07 Å². The van der Waals surface area contributed by atoms with Gasteiger partial charge in [-0.05, 0) is 42.5 Å². The molecule has 0 bridgehead atoms. The molecule has 1 aromatic carbocycles. The van der Waals surface area contributed by atoms with Gasteiger partial charge in [-0.2, -0.15) is 0 Å². The predicted octanol–water partition coefficient (Wildman–Crippen LogP) is 2.21. The lowest BCUT2D eigenvalue weighted by Crippen LogP contribution is -2.32. The lowest BCUT2D eigenvalue weighted by atomic mass is 9.87. The molecule has 0 amide bonds. The number of hydrogen-bond donors (Lipinski definition) is 2. The minimum atomic E-state index is -3.68. The molecule has 0 saturated heterocycles. The van der Waals surface area contributed by atoms with Gasteiger partial charge in [0.25, 0.3) is 0 Å². The zero-order valence-corrected chi connectivity index (χ0v) is 13.1. The second-order valence-electron chi connectivity index (χ2n) is 5.98. The van der Waals surface area contributed by atoms with Crippen LogP contribution in [0.2, 0.25) is 0 Å². The highest BCUT2D eigenvalue weighted by molar-refractivity contribution is 7.89. The quantitative estimate of drug-likeness (QED) is 0.876. The van der Waals surface area contributed by atoms with Crippen LogP contribution in [-0.2, 0) is 10.0 Å². The van der Waals surface area contributed by atoms with Gasteiger partial charge in [-0.25, -0.2) is 17.5 Å². The third-order valence-corrected chi connectivity index (χ3v) is 4.76. The summed E-state index contributed by atoms with van der Waals surface area (Å²) >= 11 is 0. The number of hydrogen-bond acceptors (Lipinski definition) is 3. The zero-order valence-electron chi connectivity index (χ0n) is 12.3. The van der Waals surface area contributed by atoms with E-state index in [4.69, 9.17) is 0 Å². The van der Waals surface area contributed by atoms with Crippen molar-refractivity contribution in [1.29, 1.82) is 0 Å². The molecule has 0 aliphatic rings. The average molecular weight is 303 g/mol. The number of halogens is 1. The second-order valence-corrected chi connectivity index (χ2v) is 7.71. The lowest BCUT2D eigenvalue weighted by molar-refractivity contribution is 0.0571. The highest BCUT2D eigenvalue weighted by Crippen LogP contribution is 2.21. The van der Waals surface area contributed by atoms with Gasteiger partial charge >= 0.3 is 0 Å². The summed E-state index contributed by atoms with van der Waals surface area (Å²) in [6, 6.07) is 3.54. The monoisotopic (exact) mass is 303 g/mol. The SMILES string of the molecule is Cc1cc(F)ccc1S(=O)(=O)NCCC(O)C(C)(C)C. The first-order chi connectivity index (χ1) is 9.04. The Kier molecular flexibility index (Phi) is 5.29. The van der Waals surface area contributed by atoms with Gasteiger partial charge < -0.3 is 5.11 Å². The van der Waals surface area contributed by atoms with E-state index in [1.54, 1.807) is 6.92 Å². The van der Waals surface area contributed by atoms with Crippen molar-refractivity contribution in [2.45, 2.75) is 45.1 Å². The van der Waals surface area contributed by atoms with Crippen LogP contribution < -0.4 is 4.72 Å². The van der Waals surface area contributed by atoms with Crippen molar-refractivity contribution < 1.29 is 17.9 Å². The molecular formula is C14H22FNO3S. The molecule has 0 aliphatic heterocycles. The average Bonchev–Trinajstić information content (AvgIpc) is 2.26. The fourth-order valence-electron chi connectivity index (χ4n) is 1.76. The summed E-state index contributed by atoms with van der Waals surface area (Å²) in [4.78, 5) is 0.0594. The summed E-state index contributed by atoms with van der Waals surface area (Å²) in [5, 5.41) is 9.86. The second kappa shape index (κ2) is 6.20. The van der Waals surface area contributed by atoms with Crippen LogP contribution in [0.25, 0.3) is 0 Å². The number of rotatable bonds is 5. The largest absolute Gasteiger partial charge is 0.393 e. The maximum Gasteiger partial charge on any atom is 0.240 e. The van der Waals surface area contributed by atoms with Crippen LogP contribution >= 0.6 is 0 Å². The standard InChI is InChI=1S/C14H22FNO3S/c1-10-9-11(15)5-6-12(10)20(18,19)16-8-7-13(17)14(2,3)4/h5-6,9,13,16-17H,7-8H2,1-4H3. The highest BCUT2D eigenvalue weighted by Gasteiger charge is 2.23. The van der Waals surface area contributed by atoms with Gasteiger partial charge in [-0.15, -0.1) is 0 Å². The normalized spacial score (nSPS) is 14.3. The van der Waals surface area contributed by atoms with Gasteiger partial charge in [0.15, 0.2) is 0 Å². The maximum atomic E-state index is 13.0. The predicted molar refractivity (Wildman–Crippen MR) is 76.4 cm³/mol. The summed E-state index contributed by atoms with van der Waals surface area (Å²) in [5.41, 5.74) is 0.0610. The Morgan fingerprint density at radius 2 is 1.95 bits per heavy atom. The Bertz CT molecular complexity index is 564. The van der Waals surface area contributed by atoms with Gasteiger partial charge in [0.2, 0.25) is 10.0 Å². The molecular weight excluding hydrogens is 281 g/mol. The Hall–Kier alpha value is -0.980. The van der Waals surface area contributed by atoms with E-state index < -0.39 is 21.9 Å². The number of aryl methyl sites for hydroxylation is 1. The van der Waals surface area contributed by atoms with Crippen LogP contribution in [0.15, 0.2) is 23.1 Å². The first-order valence-electron chi connectivity index (χ1n) is 6.48. The van der Waals surface area contributed by atoms with Gasteiger partial charge in [0.1, 0.15) is 5.82 Å². The number of aliphatic hydroxyl groups is 1. The molecule has 20 heavy (non-hydrogen) atoms. The van der Waals surface area contributed by atoms with Crippen molar-refractivity contribution >= 4 is 10.0 Å². The minimum Gasteiger partial charge on any atom is -0.393 e. The molecule has 0 fully saturated rings. The zero-order chi connectivity index (χ0) is 15.6. The fraction of sp³-hybridized carbons (Fsp3) is 0.571. The van der Waals surface area contributed by atoms with Crippen molar-refractivity contribution in [1.82, 2.24) is 4.72 Å². The molecule has 114 valence electrons. The number of nitrogens with one attached hydrogen (secondary N) is 1. The van der Waals surface area contributed by atoms with Gasteiger partial charge in [-0.3, -0.25) is 0 Å². The maximum absolute atomic E-state index is 13.0. The molecule has 1 aromatic rings. The molecule has 0 spiro atoms. The van der Waals surface area contributed by atoms with Gasteiger partial charge in [0, 0.05) is 6.54 Å². The van der Waals surface area contributed by atoms with Crippen molar-refractivity contribution in [3.63, 3.8) is 0 Å². The molecule has 6 heteroatoms. The smallest absolute Gasteiger partial charge is 0.240 e. The molecule has 2 N–H and O–H groups in total. The van der Waals surface area contributed by atoms with E-state index >= 15 is 0 Å². The summed E-state index contributed by atoms with van der Waals surface area (Å²) in [7, 11) is -3.68. The molecule has 1 atom stereocenters. The van der Waals surface area contributed by atoms with Gasteiger partial charge in [0.05, 0.1) is 11.0 Å². The number of aliphatic hydroxyl groups excluding tert-OH is 1. The van der Waals surface area contributed by atoms with Gasteiger partial charge in [-0.1, -0.05) is 20.8 Å². The Morgan fingerprint density at radius 1 is 1.35 bits per heavy atom. The Balaban J connectivity index is 2.72. The third kappa shape index (κ3) is 4.54. The van der Waals surface area contributed by atoms with Crippen LogP contribution in [0.4, 0.5) is 4.39 Å². The molecule has 0 aromatic heterocycles. The first kappa shape index (κ1) is 17.1. The van der Waals surface area contributed by atoms with Crippen LogP contribution in [0.3, 0.4) is 0 Å². The number of benzene rings is 1. The van der Waals surface area contributed by atoms with Crippen molar-refractivity contribution in [2.24, 2.45) is 5.41 Å². The van der Waals surface area contributed by atoms with E-state index in [9.17, 15) is 17.9 Å². The summed E-state index contributed by atoms with van der Waals surface area (Å²) in [6.45, 7) is 7.34. The summed E-state index contributed by atoms with van der Waals surface area (Å²) in [6.07, 6.45) is -0.275. The van der Waals surface area contributed by atoms with Crippen molar-refractivity contribution in [2.75, 3.05) is 6.54 Å². The fourth-order valence-corrected chi connectivity index (χ4v) is 3.03. The lowest BCUT2D eigenvalue weighted by Gasteiger charge is -2.25. The topological polar surface area (TPSA) is 66.4 Å². The van der Waals surface area contributed by atoms with Crippen LogP contribution in [-0.4, -0.2) is 26.2 Å². The van der Waals surface area contributed by atoms with E-state index in [-0.39, 0.29) is 16.9 Å². The summed E-state index contributed by atoms with van der Waals surface area (Å²) < 4.78 is 39.6. The molecule has 0 radical (unpaired) electrons. The van der Waals surface area contributed by atoms with Crippen LogP contribution in [0.5, 0.6) is 0 Å². The Labute approximate surface area is 120 Å². The van der Waals surface area contributed by atoms with Crippen molar-refractivity contribution in [3.8, 4) is 0 Å². The van der Waals surface area contributed by atoms with Crippen LogP contribution in [0, 0.1) is 18.2 Å². The molecule has 1 rings (SSSR count). The molecule has 0 saturated carbocycles. The molecule has 0 heterocycles. The van der Waals surface area contributed by atoms with Crippen LogP contribution in [0.1, 0.15) is 32.8 Å². The van der Waals surface area contributed by atoms with Crippen molar-refractivity contribution in [3.05, 3.63) is 29.6 Å². The highest BCUT2D eigenvalue weighted by atomic mass is 32.2. The van der Waals surface area contributed by atoms with E-state index in [2.05, 4.69) is 4.72 Å². The number of sulfonamides is 1. The summed E-state index contributed by atoms with van der Waals surface area (Å²) in [5.74, 6) is -0.468. The van der Waals surface area contributed by atoms with E-state index in [1.165, 1.54) is 12.1 Å². The third-order valence-electron chi connectivity index (χ3n) is 3.14. The minimum absolute atomic E-state index is 0.0594. The Morgan fingerprint density at radius 3 is 2.45 bits per heavy atom.